The molecule has 0 fully saturated rings. The van der Waals surface area contributed by atoms with Gasteiger partial charge in [0.25, 0.3) is 0 Å². The fourth-order valence-electron chi connectivity index (χ4n) is 2.73. The summed E-state index contributed by atoms with van der Waals surface area (Å²) in [6.07, 6.45) is 0. The van der Waals surface area contributed by atoms with Gasteiger partial charge in [0.05, 0.1) is 6.04 Å². The number of benzene rings is 2. The van der Waals surface area contributed by atoms with Crippen LogP contribution in [0.3, 0.4) is 0 Å². The van der Waals surface area contributed by atoms with Crippen molar-refractivity contribution < 1.29 is 8.81 Å². The molecular weight excluding hydrogens is 265 g/mol. The van der Waals surface area contributed by atoms with Gasteiger partial charge in [-0.3, -0.25) is 0 Å². The fraction of sp³-hybridized carbons (Fsp3) is 0.222. The molecule has 1 heterocycles. The maximum atomic E-state index is 13.8. The lowest BCUT2D eigenvalue weighted by Gasteiger charge is -2.17. The quantitative estimate of drug-likeness (QED) is 0.765. The second-order valence-electron chi connectivity index (χ2n) is 5.32. The summed E-state index contributed by atoms with van der Waals surface area (Å²) in [6.45, 7) is 4.18. The van der Waals surface area contributed by atoms with E-state index in [2.05, 4.69) is 31.3 Å². The van der Waals surface area contributed by atoms with Crippen LogP contribution >= 0.6 is 0 Å². The Morgan fingerprint density at radius 1 is 1.10 bits per heavy atom. The molecule has 3 aromatic rings. The van der Waals surface area contributed by atoms with Crippen LogP contribution in [0.1, 0.15) is 28.5 Å². The summed E-state index contributed by atoms with van der Waals surface area (Å²) in [5.41, 5.74) is 3.92. The molecular formula is C18H18FNO. The molecule has 0 amide bonds. The van der Waals surface area contributed by atoms with Gasteiger partial charge >= 0.3 is 0 Å². The third-order valence-corrected chi connectivity index (χ3v) is 4.05. The highest BCUT2D eigenvalue weighted by atomic mass is 19.1. The maximum absolute atomic E-state index is 13.8. The molecule has 0 aliphatic carbocycles. The molecule has 0 aliphatic rings. The van der Waals surface area contributed by atoms with Crippen molar-refractivity contribution in [3.63, 3.8) is 0 Å². The molecule has 1 atom stereocenters. The highest BCUT2D eigenvalue weighted by Gasteiger charge is 2.20. The van der Waals surface area contributed by atoms with Crippen molar-refractivity contribution in [3.8, 4) is 0 Å². The molecule has 2 nitrogen and oxygen atoms in total. The molecule has 0 aliphatic heterocycles. The zero-order valence-corrected chi connectivity index (χ0v) is 12.4. The van der Waals surface area contributed by atoms with E-state index in [4.69, 9.17) is 4.42 Å². The van der Waals surface area contributed by atoms with Crippen LogP contribution < -0.4 is 5.32 Å². The molecule has 21 heavy (non-hydrogen) atoms. The lowest BCUT2D eigenvalue weighted by Crippen LogP contribution is -2.18. The van der Waals surface area contributed by atoms with Gasteiger partial charge in [-0.05, 0) is 49.7 Å². The fourth-order valence-corrected chi connectivity index (χ4v) is 2.73. The molecule has 1 unspecified atom stereocenters. The van der Waals surface area contributed by atoms with Gasteiger partial charge in [-0.2, -0.15) is 0 Å². The van der Waals surface area contributed by atoms with Crippen molar-refractivity contribution in [2.75, 3.05) is 7.05 Å². The molecule has 0 spiro atoms. The van der Waals surface area contributed by atoms with Gasteiger partial charge in [0.15, 0.2) is 11.4 Å². The van der Waals surface area contributed by atoms with Crippen LogP contribution in [-0.2, 0) is 0 Å². The molecule has 1 aromatic heterocycles. The van der Waals surface area contributed by atoms with Crippen molar-refractivity contribution in [1.29, 1.82) is 0 Å². The summed E-state index contributed by atoms with van der Waals surface area (Å²) in [6, 6.07) is 13.0. The highest BCUT2D eigenvalue weighted by molar-refractivity contribution is 5.78. The van der Waals surface area contributed by atoms with Crippen molar-refractivity contribution in [2.45, 2.75) is 19.9 Å². The van der Waals surface area contributed by atoms with Gasteiger partial charge in [0, 0.05) is 5.39 Å². The summed E-state index contributed by atoms with van der Waals surface area (Å²) in [4.78, 5) is 0. The number of aryl methyl sites for hydroxylation is 1. The van der Waals surface area contributed by atoms with Gasteiger partial charge in [0.2, 0.25) is 0 Å². The second-order valence-corrected chi connectivity index (χ2v) is 5.32. The van der Waals surface area contributed by atoms with E-state index in [1.807, 2.05) is 25.2 Å². The van der Waals surface area contributed by atoms with Crippen LogP contribution in [0.15, 0.2) is 46.9 Å². The van der Waals surface area contributed by atoms with Crippen molar-refractivity contribution >= 4 is 11.0 Å². The van der Waals surface area contributed by atoms with Crippen LogP contribution in [0.2, 0.25) is 0 Å². The third kappa shape index (κ3) is 2.34. The molecule has 0 bridgehead atoms. The van der Waals surface area contributed by atoms with Crippen LogP contribution in [-0.4, -0.2) is 7.05 Å². The average Bonchev–Trinajstić information content (AvgIpc) is 2.89. The Morgan fingerprint density at radius 2 is 1.86 bits per heavy atom. The Bertz CT molecular complexity index is 791. The number of hydrogen-bond donors (Lipinski definition) is 1. The molecule has 0 saturated heterocycles. The monoisotopic (exact) mass is 283 g/mol. The zero-order valence-electron chi connectivity index (χ0n) is 12.4. The van der Waals surface area contributed by atoms with Crippen LogP contribution in [0.25, 0.3) is 11.0 Å². The van der Waals surface area contributed by atoms with Crippen LogP contribution in [0.5, 0.6) is 0 Å². The molecule has 1 N–H and O–H groups in total. The van der Waals surface area contributed by atoms with Crippen molar-refractivity contribution in [3.05, 3.63) is 70.7 Å². The Morgan fingerprint density at radius 3 is 2.57 bits per heavy atom. The van der Waals surface area contributed by atoms with E-state index < -0.39 is 0 Å². The van der Waals surface area contributed by atoms with Gasteiger partial charge in [-0.25, -0.2) is 4.39 Å². The maximum Gasteiger partial charge on any atom is 0.169 e. The number of halogens is 1. The predicted octanol–water partition coefficient (Wildman–Crippen LogP) is 4.50. The molecule has 0 radical (unpaired) electrons. The van der Waals surface area contributed by atoms with E-state index in [0.717, 1.165) is 16.7 Å². The number of para-hydroxylation sites is 1. The second kappa shape index (κ2) is 5.34. The van der Waals surface area contributed by atoms with E-state index in [9.17, 15) is 4.39 Å². The topological polar surface area (TPSA) is 25.2 Å². The first-order valence-corrected chi connectivity index (χ1v) is 7.03. The van der Waals surface area contributed by atoms with E-state index in [-0.39, 0.29) is 11.9 Å². The standard InChI is InChI=1S/C18H18FNO/c1-11-6-4-8-14(12(11)2)17(20-3)16-10-13-7-5-9-15(19)18(13)21-16/h4-10,17,20H,1-3H3. The molecule has 2 aromatic carbocycles. The first-order chi connectivity index (χ1) is 10.1. The summed E-state index contributed by atoms with van der Waals surface area (Å²) >= 11 is 0. The first-order valence-electron chi connectivity index (χ1n) is 7.03. The lowest BCUT2D eigenvalue weighted by atomic mass is 9.96. The zero-order chi connectivity index (χ0) is 15.0. The lowest BCUT2D eigenvalue weighted by molar-refractivity contribution is 0.475. The van der Waals surface area contributed by atoms with Crippen LogP contribution in [0, 0.1) is 19.7 Å². The van der Waals surface area contributed by atoms with Crippen molar-refractivity contribution in [1.82, 2.24) is 5.32 Å². The van der Waals surface area contributed by atoms with E-state index >= 15 is 0 Å². The third-order valence-electron chi connectivity index (χ3n) is 4.05. The van der Waals surface area contributed by atoms with Gasteiger partial charge in [-0.1, -0.05) is 30.3 Å². The van der Waals surface area contributed by atoms with Gasteiger partial charge in [-0.15, -0.1) is 0 Å². The summed E-state index contributed by atoms with van der Waals surface area (Å²) in [7, 11) is 1.88. The van der Waals surface area contributed by atoms with Crippen LogP contribution in [0.4, 0.5) is 4.39 Å². The normalized spacial score (nSPS) is 12.8. The smallest absolute Gasteiger partial charge is 0.169 e. The summed E-state index contributed by atoms with van der Waals surface area (Å²) in [5.74, 6) is 0.404. The number of rotatable bonds is 3. The predicted molar refractivity (Wildman–Crippen MR) is 83.0 cm³/mol. The summed E-state index contributed by atoms with van der Waals surface area (Å²) < 4.78 is 19.6. The minimum atomic E-state index is -0.324. The Kier molecular flexibility index (Phi) is 3.52. The van der Waals surface area contributed by atoms with E-state index in [0.29, 0.717) is 5.58 Å². The number of nitrogens with one attached hydrogen (secondary N) is 1. The van der Waals surface area contributed by atoms with E-state index in [1.54, 1.807) is 6.07 Å². The van der Waals surface area contributed by atoms with Gasteiger partial charge < -0.3 is 9.73 Å². The first kappa shape index (κ1) is 13.8. The van der Waals surface area contributed by atoms with E-state index in [1.165, 1.54) is 17.2 Å². The number of furan rings is 1. The average molecular weight is 283 g/mol. The molecule has 3 rings (SSSR count). The Balaban J connectivity index is 2.14. The summed E-state index contributed by atoms with van der Waals surface area (Å²) in [5, 5.41) is 4.05. The number of hydrogen-bond acceptors (Lipinski definition) is 2. The van der Waals surface area contributed by atoms with Crippen molar-refractivity contribution in [2.24, 2.45) is 0 Å². The largest absolute Gasteiger partial charge is 0.456 e. The van der Waals surface area contributed by atoms with Gasteiger partial charge in [0.1, 0.15) is 5.76 Å². The molecule has 3 heteroatoms. The Labute approximate surface area is 123 Å². The Hall–Kier alpha value is -2.13. The minimum Gasteiger partial charge on any atom is -0.456 e. The minimum absolute atomic E-state index is 0.0864. The molecule has 0 saturated carbocycles. The number of fused-ring (bicyclic) bond motifs is 1. The molecule has 108 valence electrons. The SMILES string of the molecule is CNC(c1cc2cccc(F)c2o1)c1cccc(C)c1C. The highest BCUT2D eigenvalue weighted by Crippen LogP contribution is 2.31.